The van der Waals surface area contributed by atoms with Gasteiger partial charge in [-0.15, -0.1) is 11.3 Å². The van der Waals surface area contributed by atoms with E-state index in [2.05, 4.69) is 69.6 Å². The van der Waals surface area contributed by atoms with Crippen LogP contribution in [0.15, 0.2) is 17.5 Å². The fourth-order valence-electron chi connectivity index (χ4n) is 1.40. The van der Waals surface area contributed by atoms with Crippen LogP contribution in [-0.4, -0.2) is 0 Å². The summed E-state index contributed by atoms with van der Waals surface area (Å²) in [6.45, 7) is 2.22. The van der Waals surface area contributed by atoms with E-state index in [1.807, 2.05) is 11.3 Å². The maximum Gasteiger partial charge on any atom is 0.0489 e. The van der Waals surface area contributed by atoms with Gasteiger partial charge in [-0.05, 0) is 74.7 Å². The Bertz CT molecular complexity index is 445. The second-order valence-electron chi connectivity index (χ2n) is 2.85. The standard InChI is InChI=1S/C10H8I2S/c1-2-6-5-13-10-8(12)4-3-7(11)9(6)10/h3-5H,2H2,1H3. The second kappa shape index (κ2) is 4.02. The van der Waals surface area contributed by atoms with Crippen molar-refractivity contribution in [3.8, 4) is 0 Å². The first-order valence-corrected chi connectivity index (χ1v) is 7.11. The van der Waals surface area contributed by atoms with Crippen LogP contribution in [0, 0.1) is 7.14 Å². The SMILES string of the molecule is CCc1csc2c(I)ccc(I)c12. The van der Waals surface area contributed by atoms with Gasteiger partial charge in [-0.1, -0.05) is 6.92 Å². The Kier molecular flexibility index (Phi) is 3.14. The summed E-state index contributed by atoms with van der Waals surface area (Å²) in [5.41, 5.74) is 1.49. The van der Waals surface area contributed by atoms with Gasteiger partial charge in [-0.25, -0.2) is 0 Å². The van der Waals surface area contributed by atoms with Gasteiger partial charge in [0.1, 0.15) is 0 Å². The molecule has 0 saturated heterocycles. The molecule has 0 spiro atoms. The van der Waals surface area contributed by atoms with Crippen molar-refractivity contribution < 1.29 is 0 Å². The maximum absolute atomic E-state index is 2.42. The third kappa shape index (κ3) is 1.74. The van der Waals surface area contributed by atoms with E-state index in [1.54, 1.807) is 0 Å². The monoisotopic (exact) mass is 414 g/mol. The molecule has 3 heteroatoms. The van der Waals surface area contributed by atoms with Crippen LogP contribution in [0.4, 0.5) is 0 Å². The van der Waals surface area contributed by atoms with Gasteiger partial charge in [0, 0.05) is 17.2 Å². The Balaban J connectivity index is 2.87. The molecule has 1 aromatic carbocycles. The smallest absolute Gasteiger partial charge is 0.0489 e. The van der Waals surface area contributed by atoms with E-state index in [9.17, 15) is 0 Å². The summed E-state index contributed by atoms with van der Waals surface area (Å²) in [6, 6.07) is 4.40. The number of hydrogen-bond donors (Lipinski definition) is 0. The molecule has 0 radical (unpaired) electrons. The quantitative estimate of drug-likeness (QED) is 0.596. The highest BCUT2D eigenvalue weighted by Crippen LogP contribution is 2.33. The number of fused-ring (bicyclic) bond motifs is 1. The third-order valence-corrected chi connectivity index (χ3v) is 5.31. The predicted molar refractivity (Wildman–Crippen MR) is 76.6 cm³/mol. The van der Waals surface area contributed by atoms with Gasteiger partial charge in [0.25, 0.3) is 0 Å². The summed E-state index contributed by atoms with van der Waals surface area (Å²) in [5, 5.41) is 3.76. The average Bonchev–Trinajstić information content (AvgIpc) is 2.56. The minimum atomic E-state index is 1.14. The fraction of sp³-hybridized carbons (Fsp3) is 0.200. The highest BCUT2D eigenvalue weighted by atomic mass is 127. The van der Waals surface area contributed by atoms with Crippen LogP contribution in [0.1, 0.15) is 12.5 Å². The van der Waals surface area contributed by atoms with Gasteiger partial charge >= 0.3 is 0 Å². The summed E-state index contributed by atoms with van der Waals surface area (Å²) < 4.78 is 4.20. The molecule has 0 N–H and O–H groups in total. The molecule has 2 rings (SSSR count). The van der Waals surface area contributed by atoms with E-state index < -0.39 is 0 Å². The molecule has 13 heavy (non-hydrogen) atoms. The largest absolute Gasteiger partial charge is 0.142 e. The zero-order chi connectivity index (χ0) is 9.42. The van der Waals surface area contributed by atoms with Crippen LogP contribution in [0.5, 0.6) is 0 Å². The van der Waals surface area contributed by atoms with Crippen molar-refractivity contribution in [3.63, 3.8) is 0 Å². The van der Waals surface area contributed by atoms with Crippen molar-refractivity contribution in [2.75, 3.05) is 0 Å². The maximum atomic E-state index is 2.42. The van der Waals surface area contributed by atoms with Crippen LogP contribution in [0.3, 0.4) is 0 Å². The third-order valence-electron chi connectivity index (χ3n) is 2.08. The lowest BCUT2D eigenvalue weighted by molar-refractivity contribution is 1.17. The lowest BCUT2D eigenvalue weighted by Crippen LogP contribution is -1.81. The molecule has 0 amide bonds. The summed E-state index contributed by atoms with van der Waals surface area (Å²) in [6.07, 6.45) is 1.14. The zero-order valence-corrected chi connectivity index (χ0v) is 12.2. The second-order valence-corrected chi connectivity index (χ2v) is 6.05. The number of thiophene rings is 1. The molecule has 68 valence electrons. The van der Waals surface area contributed by atoms with Gasteiger partial charge in [0.2, 0.25) is 0 Å². The number of rotatable bonds is 1. The van der Waals surface area contributed by atoms with Gasteiger partial charge in [-0.2, -0.15) is 0 Å². The number of aryl methyl sites for hydroxylation is 1. The van der Waals surface area contributed by atoms with E-state index in [0.29, 0.717) is 0 Å². The molecule has 1 aromatic heterocycles. The first kappa shape index (κ1) is 10.2. The topological polar surface area (TPSA) is 0 Å². The van der Waals surface area contributed by atoms with E-state index in [1.165, 1.54) is 22.8 Å². The Hall–Kier alpha value is 0.640. The molecule has 0 aliphatic heterocycles. The molecular weight excluding hydrogens is 406 g/mol. The molecule has 0 aliphatic carbocycles. The Morgan fingerprint density at radius 3 is 2.62 bits per heavy atom. The average molecular weight is 414 g/mol. The lowest BCUT2D eigenvalue weighted by Gasteiger charge is -1.99. The van der Waals surface area contributed by atoms with Crippen LogP contribution in [0.25, 0.3) is 10.1 Å². The summed E-state index contributed by atoms with van der Waals surface area (Å²) in [5.74, 6) is 0. The fourth-order valence-corrected chi connectivity index (χ4v) is 4.29. The van der Waals surface area contributed by atoms with E-state index in [-0.39, 0.29) is 0 Å². The molecule has 0 saturated carbocycles. The van der Waals surface area contributed by atoms with Gasteiger partial charge in [0.05, 0.1) is 0 Å². The Morgan fingerprint density at radius 1 is 1.23 bits per heavy atom. The van der Waals surface area contributed by atoms with Crippen molar-refractivity contribution in [2.24, 2.45) is 0 Å². The minimum absolute atomic E-state index is 1.14. The molecule has 0 atom stereocenters. The van der Waals surface area contributed by atoms with Crippen molar-refractivity contribution in [3.05, 3.63) is 30.2 Å². The molecular formula is C10H8I2S. The lowest BCUT2D eigenvalue weighted by atomic mass is 10.1. The Labute approximate surface area is 109 Å². The molecule has 2 aromatic rings. The van der Waals surface area contributed by atoms with Gasteiger partial charge in [0.15, 0.2) is 0 Å². The van der Waals surface area contributed by atoms with Crippen LogP contribution in [0.2, 0.25) is 0 Å². The van der Waals surface area contributed by atoms with Crippen LogP contribution in [-0.2, 0) is 6.42 Å². The predicted octanol–water partition coefficient (Wildman–Crippen LogP) is 4.67. The first-order valence-electron chi connectivity index (χ1n) is 4.08. The molecule has 0 fully saturated rings. The highest BCUT2D eigenvalue weighted by Gasteiger charge is 2.08. The molecule has 0 aliphatic rings. The molecule has 0 nitrogen and oxygen atoms in total. The first-order chi connectivity index (χ1) is 6.24. The van der Waals surface area contributed by atoms with Crippen LogP contribution < -0.4 is 0 Å². The summed E-state index contributed by atoms with van der Waals surface area (Å²) >= 11 is 6.70. The van der Waals surface area contributed by atoms with E-state index in [4.69, 9.17) is 0 Å². The molecule has 0 unspecified atom stereocenters. The van der Waals surface area contributed by atoms with Gasteiger partial charge < -0.3 is 0 Å². The summed E-state index contributed by atoms with van der Waals surface area (Å²) in [4.78, 5) is 0. The zero-order valence-electron chi connectivity index (χ0n) is 7.10. The van der Waals surface area contributed by atoms with Crippen molar-refractivity contribution in [1.82, 2.24) is 0 Å². The van der Waals surface area contributed by atoms with E-state index >= 15 is 0 Å². The minimum Gasteiger partial charge on any atom is -0.142 e. The molecule has 0 bridgehead atoms. The Morgan fingerprint density at radius 2 is 1.92 bits per heavy atom. The number of benzene rings is 1. The van der Waals surface area contributed by atoms with Crippen molar-refractivity contribution in [1.29, 1.82) is 0 Å². The van der Waals surface area contributed by atoms with Crippen LogP contribution >= 0.6 is 56.5 Å². The highest BCUT2D eigenvalue weighted by molar-refractivity contribution is 14.1. The van der Waals surface area contributed by atoms with Crippen molar-refractivity contribution >= 4 is 66.6 Å². The normalized spacial score (nSPS) is 11.0. The van der Waals surface area contributed by atoms with Crippen molar-refractivity contribution in [2.45, 2.75) is 13.3 Å². The van der Waals surface area contributed by atoms with E-state index in [0.717, 1.165) is 6.42 Å². The number of hydrogen-bond acceptors (Lipinski definition) is 1. The van der Waals surface area contributed by atoms with Gasteiger partial charge in [-0.3, -0.25) is 0 Å². The number of halogens is 2. The molecule has 1 heterocycles. The summed E-state index contributed by atoms with van der Waals surface area (Å²) in [7, 11) is 0.